The van der Waals surface area contributed by atoms with Gasteiger partial charge in [-0.15, -0.1) is 5.10 Å². The average molecular weight is 349 g/mol. The standard InChI is InChI=1S/C19H19N5O2/c1-13-3-5-15(6-4-13)18(25)9-10-19(26)21-16-7-8-17(14(2)11-16)24-12-20-22-23-24/h3-8,11-12H,9-10H2,1-2H3,(H,21,26). The molecule has 0 aliphatic rings. The van der Waals surface area contributed by atoms with Crippen LogP contribution in [0.5, 0.6) is 0 Å². The number of anilines is 1. The summed E-state index contributed by atoms with van der Waals surface area (Å²) in [4.78, 5) is 24.3. The van der Waals surface area contributed by atoms with Crippen molar-refractivity contribution in [3.8, 4) is 5.69 Å². The molecular weight excluding hydrogens is 330 g/mol. The molecule has 1 N–H and O–H groups in total. The molecule has 7 nitrogen and oxygen atoms in total. The lowest BCUT2D eigenvalue weighted by Crippen LogP contribution is -2.14. The Kier molecular flexibility index (Phi) is 5.17. The predicted molar refractivity (Wildman–Crippen MR) is 97.3 cm³/mol. The number of carbonyl (C=O) groups is 2. The Morgan fingerprint density at radius 3 is 2.46 bits per heavy atom. The van der Waals surface area contributed by atoms with Crippen LogP contribution in [-0.4, -0.2) is 31.9 Å². The molecule has 3 rings (SSSR count). The van der Waals surface area contributed by atoms with E-state index in [0.29, 0.717) is 11.3 Å². The van der Waals surface area contributed by atoms with Crippen LogP contribution in [-0.2, 0) is 4.79 Å². The van der Waals surface area contributed by atoms with Crippen LogP contribution in [0.4, 0.5) is 5.69 Å². The highest BCUT2D eigenvalue weighted by Crippen LogP contribution is 2.18. The molecule has 0 bridgehead atoms. The number of hydrogen-bond acceptors (Lipinski definition) is 5. The van der Waals surface area contributed by atoms with Crippen LogP contribution in [0.2, 0.25) is 0 Å². The van der Waals surface area contributed by atoms with Crippen molar-refractivity contribution in [2.45, 2.75) is 26.7 Å². The van der Waals surface area contributed by atoms with E-state index < -0.39 is 0 Å². The van der Waals surface area contributed by atoms with Crippen LogP contribution in [0.15, 0.2) is 48.8 Å². The molecule has 3 aromatic rings. The van der Waals surface area contributed by atoms with Crippen molar-refractivity contribution in [3.05, 3.63) is 65.5 Å². The summed E-state index contributed by atoms with van der Waals surface area (Å²) in [6, 6.07) is 12.8. The van der Waals surface area contributed by atoms with Gasteiger partial charge in [0.25, 0.3) is 0 Å². The van der Waals surface area contributed by atoms with E-state index in [1.165, 1.54) is 6.33 Å². The lowest BCUT2D eigenvalue weighted by atomic mass is 10.0. The van der Waals surface area contributed by atoms with Gasteiger partial charge in [0.1, 0.15) is 6.33 Å². The molecule has 1 heterocycles. The van der Waals surface area contributed by atoms with Crippen LogP contribution in [0.1, 0.15) is 34.3 Å². The summed E-state index contributed by atoms with van der Waals surface area (Å²) in [7, 11) is 0. The fraction of sp³-hybridized carbons (Fsp3) is 0.211. The normalized spacial score (nSPS) is 10.5. The molecule has 0 unspecified atom stereocenters. The number of aromatic nitrogens is 4. The Morgan fingerprint density at radius 1 is 1.04 bits per heavy atom. The number of Topliss-reactive ketones (excluding diaryl/α,β-unsaturated/α-hetero) is 1. The van der Waals surface area contributed by atoms with E-state index >= 15 is 0 Å². The first-order valence-corrected chi connectivity index (χ1v) is 8.26. The van der Waals surface area contributed by atoms with Crippen molar-refractivity contribution in [1.82, 2.24) is 20.2 Å². The van der Waals surface area contributed by atoms with Gasteiger partial charge in [-0.05, 0) is 48.0 Å². The second kappa shape index (κ2) is 7.69. The van der Waals surface area contributed by atoms with Crippen LogP contribution < -0.4 is 5.32 Å². The van der Waals surface area contributed by atoms with Crippen LogP contribution >= 0.6 is 0 Å². The molecule has 0 atom stereocenters. The molecule has 0 saturated carbocycles. The summed E-state index contributed by atoms with van der Waals surface area (Å²) in [5, 5.41) is 13.9. The van der Waals surface area contributed by atoms with E-state index in [4.69, 9.17) is 0 Å². The van der Waals surface area contributed by atoms with Gasteiger partial charge in [0.15, 0.2) is 5.78 Å². The molecule has 132 valence electrons. The summed E-state index contributed by atoms with van der Waals surface area (Å²) >= 11 is 0. The fourth-order valence-electron chi connectivity index (χ4n) is 2.60. The molecule has 0 spiro atoms. The van der Waals surface area contributed by atoms with Crippen LogP contribution in [0.25, 0.3) is 5.69 Å². The molecule has 0 aliphatic heterocycles. The van der Waals surface area contributed by atoms with Gasteiger partial charge in [-0.25, -0.2) is 4.68 Å². The lowest BCUT2D eigenvalue weighted by Gasteiger charge is -2.09. The molecule has 0 saturated heterocycles. The minimum atomic E-state index is -0.194. The van der Waals surface area contributed by atoms with Gasteiger partial charge in [0.05, 0.1) is 5.69 Å². The zero-order valence-corrected chi connectivity index (χ0v) is 14.6. The fourth-order valence-corrected chi connectivity index (χ4v) is 2.60. The minimum absolute atomic E-state index is 0.0367. The number of nitrogens with one attached hydrogen (secondary N) is 1. The monoisotopic (exact) mass is 349 g/mol. The first kappa shape index (κ1) is 17.5. The highest BCUT2D eigenvalue weighted by Gasteiger charge is 2.10. The number of amides is 1. The first-order chi connectivity index (χ1) is 12.5. The average Bonchev–Trinajstić information content (AvgIpc) is 3.15. The van der Waals surface area contributed by atoms with Gasteiger partial charge < -0.3 is 5.32 Å². The zero-order valence-electron chi connectivity index (χ0n) is 14.6. The largest absolute Gasteiger partial charge is 0.326 e. The topological polar surface area (TPSA) is 89.8 Å². The molecule has 1 aromatic heterocycles. The maximum atomic E-state index is 12.1. The highest BCUT2D eigenvalue weighted by atomic mass is 16.2. The molecule has 1 amide bonds. The van der Waals surface area contributed by atoms with Gasteiger partial charge in [-0.1, -0.05) is 29.8 Å². The van der Waals surface area contributed by atoms with Crippen molar-refractivity contribution in [2.75, 3.05) is 5.32 Å². The summed E-state index contributed by atoms with van der Waals surface area (Å²) < 4.78 is 1.56. The van der Waals surface area contributed by atoms with Crippen LogP contribution in [0, 0.1) is 13.8 Å². The van der Waals surface area contributed by atoms with Gasteiger partial charge in [-0.3, -0.25) is 9.59 Å². The van der Waals surface area contributed by atoms with Crippen molar-refractivity contribution in [1.29, 1.82) is 0 Å². The van der Waals surface area contributed by atoms with Crippen LogP contribution in [0.3, 0.4) is 0 Å². The van der Waals surface area contributed by atoms with E-state index in [1.807, 2.05) is 38.1 Å². The quantitative estimate of drug-likeness (QED) is 0.691. The van der Waals surface area contributed by atoms with Crippen molar-refractivity contribution < 1.29 is 9.59 Å². The third kappa shape index (κ3) is 4.18. The van der Waals surface area contributed by atoms with E-state index in [2.05, 4.69) is 20.8 Å². The Labute approximate surface area is 151 Å². The summed E-state index contributed by atoms with van der Waals surface area (Å²) in [5.74, 6) is -0.231. The molecule has 0 aliphatic carbocycles. The van der Waals surface area contributed by atoms with E-state index in [-0.39, 0.29) is 24.5 Å². The van der Waals surface area contributed by atoms with E-state index in [0.717, 1.165) is 16.8 Å². The molecule has 2 aromatic carbocycles. The van der Waals surface area contributed by atoms with Gasteiger partial charge in [-0.2, -0.15) is 0 Å². The summed E-state index contributed by atoms with van der Waals surface area (Å²) in [5.41, 5.74) is 4.16. The molecular formula is C19H19N5O2. The number of hydrogen-bond donors (Lipinski definition) is 1. The van der Waals surface area contributed by atoms with Crippen molar-refractivity contribution in [3.63, 3.8) is 0 Å². The lowest BCUT2D eigenvalue weighted by molar-refractivity contribution is -0.116. The first-order valence-electron chi connectivity index (χ1n) is 8.26. The molecule has 7 heteroatoms. The Morgan fingerprint density at radius 2 is 1.81 bits per heavy atom. The molecule has 0 radical (unpaired) electrons. The number of carbonyl (C=O) groups excluding carboxylic acids is 2. The Hall–Kier alpha value is -3.35. The number of nitrogens with zero attached hydrogens (tertiary/aromatic N) is 4. The van der Waals surface area contributed by atoms with E-state index in [1.54, 1.807) is 22.9 Å². The Bertz CT molecular complexity index is 918. The molecule has 26 heavy (non-hydrogen) atoms. The maximum Gasteiger partial charge on any atom is 0.224 e. The van der Waals surface area contributed by atoms with Gasteiger partial charge in [0.2, 0.25) is 5.91 Å². The number of rotatable bonds is 6. The number of benzene rings is 2. The molecule has 0 fully saturated rings. The van der Waals surface area contributed by atoms with E-state index in [9.17, 15) is 9.59 Å². The maximum absolute atomic E-state index is 12.1. The summed E-state index contributed by atoms with van der Waals surface area (Å²) in [6.07, 6.45) is 1.83. The smallest absolute Gasteiger partial charge is 0.224 e. The second-order valence-electron chi connectivity index (χ2n) is 6.09. The SMILES string of the molecule is Cc1ccc(C(=O)CCC(=O)Nc2ccc(-n3cnnn3)c(C)c2)cc1. The summed E-state index contributed by atoms with van der Waals surface area (Å²) in [6.45, 7) is 3.88. The van der Waals surface area contributed by atoms with Gasteiger partial charge >= 0.3 is 0 Å². The number of tetrazole rings is 1. The zero-order chi connectivity index (χ0) is 18.5. The highest BCUT2D eigenvalue weighted by molar-refractivity contribution is 6.00. The third-order valence-corrected chi connectivity index (χ3v) is 4.03. The minimum Gasteiger partial charge on any atom is -0.326 e. The number of aryl methyl sites for hydroxylation is 2. The van der Waals surface area contributed by atoms with Gasteiger partial charge in [0, 0.05) is 24.1 Å². The third-order valence-electron chi connectivity index (χ3n) is 4.03. The Balaban J connectivity index is 1.57. The van der Waals surface area contributed by atoms with Crippen molar-refractivity contribution in [2.24, 2.45) is 0 Å². The predicted octanol–water partition coefficient (Wildman–Crippen LogP) is 2.88. The number of ketones is 1. The van der Waals surface area contributed by atoms with Crippen molar-refractivity contribution >= 4 is 17.4 Å². The second-order valence-corrected chi connectivity index (χ2v) is 6.09.